The van der Waals surface area contributed by atoms with E-state index in [0.29, 0.717) is 29.2 Å². The number of nitriles is 1. The molecule has 0 bridgehead atoms. The molecule has 0 saturated carbocycles. The van der Waals surface area contributed by atoms with E-state index < -0.39 is 5.56 Å². The van der Waals surface area contributed by atoms with Crippen LogP contribution in [-0.2, 0) is 6.42 Å². The number of aromatic amines is 1. The Labute approximate surface area is 134 Å². The van der Waals surface area contributed by atoms with Gasteiger partial charge in [-0.1, -0.05) is 6.08 Å². The van der Waals surface area contributed by atoms with E-state index in [1.165, 1.54) is 0 Å². The highest BCUT2D eigenvalue weighted by Gasteiger charge is 2.16. The Morgan fingerprint density at radius 1 is 1.30 bits per heavy atom. The molecule has 2 aromatic rings. The monoisotopic (exact) mass is 310 g/mol. The molecular formula is C18H18N2O3. The Bertz CT molecular complexity index is 845. The van der Waals surface area contributed by atoms with Crippen molar-refractivity contribution in [3.8, 4) is 28.7 Å². The molecule has 0 saturated heterocycles. The van der Waals surface area contributed by atoms with E-state index in [2.05, 4.69) is 11.6 Å². The topological polar surface area (TPSA) is 75.1 Å². The number of pyridine rings is 1. The molecule has 118 valence electrons. The molecule has 0 spiro atoms. The summed E-state index contributed by atoms with van der Waals surface area (Å²) in [5, 5.41) is 9.31. The lowest BCUT2D eigenvalue weighted by Crippen LogP contribution is -2.12. The molecule has 1 N–H and O–H groups in total. The van der Waals surface area contributed by atoms with Gasteiger partial charge in [-0.25, -0.2) is 0 Å². The number of hydrogen-bond donors (Lipinski definition) is 1. The van der Waals surface area contributed by atoms with Crippen LogP contribution >= 0.6 is 0 Å². The molecule has 0 unspecified atom stereocenters. The van der Waals surface area contributed by atoms with Gasteiger partial charge in [-0.05, 0) is 37.1 Å². The van der Waals surface area contributed by atoms with Crippen LogP contribution < -0.4 is 15.0 Å². The first kappa shape index (κ1) is 16.4. The molecule has 5 nitrogen and oxygen atoms in total. The van der Waals surface area contributed by atoms with Crippen molar-refractivity contribution in [2.45, 2.75) is 13.3 Å². The SMILES string of the molecule is C=CCc1cc(-c2cc(C)[nH]c(=O)c2C#N)cc(OC)c1OC. The average molecular weight is 310 g/mol. The van der Waals surface area contributed by atoms with E-state index in [1.807, 2.05) is 12.1 Å². The summed E-state index contributed by atoms with van der Waals surface area (Å²) in [6.45, 7) is 5.52. The van der Waals surface area contributed by atoms with Crippen LogP contribution in [0.15, 0.2) is 35.6 Å². The van der Waals surface area contributed by atoms with E-state index in [9.17, 15) is 10.1 Å². The molecule has 1 aromatic carbocycles. The summed E-state index contributed by atoms with van der Waals surface area (Å²) in [6.07, 6.45) is 2.34. The fourth-order valence-corrected chi connectivity index (χ4v) is 2.53. The van der Waals surface area contributed by atoms with E-state index in [4.69, 9.17) is 9.47 Å². The summed E-state index contributed by atoms with van der Waals surface area (Å²) >= 11 is 0. The van der Waals surface area contributed by atoms with E-state index in [1.54, 1.807) is 39.4 Å². The van der Waals surface area contributed by atoms with Gasteiger partial charge in [-0.2, -0.15) is 5.26 Å². The van der Waals surface area contributed by atoms with Gasteiger partial charge >= 0.3 is 0 Å². The minimum Gasteiger partial charge on any atom is -0.493 e. The van der Waals surface area contributed by atoms with E-state index >= 15 is 0 Å². The Morgan fingerprint density at radius 2 is 2.04 bits per heavy atom. The maximum Gasteiger partial charge on any atom is 0.266 e. The number of nitrogens with zero attached hydrogens (tertiary/aromatic N) is 1. The molecule has 0 aliphatic rings. The van der Waals surface area contributed by atoms with Gasteiger partial charge in [0.05, 0.1) is 14.2 Å². The molecule has 5 heteroatoms. The standard InChI is InChI=1S/C18H18N2O3/c1-5-6-12-8-13(9-16(22-3)17(12)23-4)14-7-11(2)20-18(21)15(14)10-19/h5,7-9H,1,6H2,2-4H3,(H,20,21). The van der Waals surface area contributed by atoms with Gasteiger partial charge in [-0.3, -0.25) is 4.79 Å². The molecule has 0 aliphatic carbocycles. The first-order valence-corrected chi connectivity index (χ1v) is 7.05. The first-order valence-electron chi connectivity index (χ1n) is 7.05. The van der Waals surface area contributed by atoms with Gasteiger partial charge in [0.25, 0.3) is 5.56 Å². The van der Waals surface area contributed by atoms with Crippen molar-refractivity contribution in [1.29, 1.82) is 5.26 Å². The third-order valence-corrected chi connectivity index (χ3v) is 3.51. The molecule has 0 aliphatic heterocycles. The van der Waals surface area contributed by atoms with Gasteiger partial charge in [0.2, 0.25) is 0 Å². The maximum absolute atomic E-state index is 12.0. The van der Waals surface area contributed by atoms with Crippen LogP contribution in [0.5, 0.6) is 11.5 Å². The predicted octanol–water partition coefficient (Wildman–Crippen LogP) is 2.97. The Hall–Kier alpha value is -3.00. The number of aromatic nitrogens is 1. The molecule has 2 rings (SSSR count). The van der Waals surface area contributed by atoms with Crippen LogP contribution in [0.4, 0.5) is 0 Å². The maximum atomic E-state index is 12.0. The summed E-state index contributed by atoms with van der Waals surface area (Å²) < 4.78 is 10.8. The first-order chi connectivity index (χ1) is 11.0. The van der Waals surface area contributed by atoms with Crippen LogP contribution in [0.25, 0.3) is 11.1 Å². The number of rotatable bonds is 5. The Balaban J connectivity index is 2.79. The number of benzene rings is 1. The number of ether oxygens (including phenoxy) is 2. The Kier molecular flexibility index (Phi) is 4.87. The van der Waals surface area contributed by atoms with Crippen molar-refractivity contribution in [2.24, 2.45) is 0 Å². The highest BCUT2D eigenvalue weighted by atomic mass is 16.5. The minimum absolute atomic E-state index is 0.0763. The van der Waals surface area contributed by atoms with Crippen molar-refractivity contribution in [3.63, 3.8) is 0 Å². The van der Waals surface area contributed by atoms with Crippen molar-refractivity contribution in [1.82, 2.24) is 4.98 Å². The summed E-state index contributed by atoms with van der Waals surface area (Å²) in [4.78, 5) is 14.6. The summed E-state index contributed by atoms with van der Waals surface area (Å²) in [5.74, 6) is 1.17. The molecule has 23 heavy (non-hydrogen) atoms. The molecule has 0 fully saturated rings. The molecule has 0 radical (unpaired) electrons. The highest BCUT2D eigenvalue weighted by molar-refractivity contribution is 5.74. The average Bonchev–Trinajstić information content (AvgIpc) is 2.53. The molecule has 0 amide bonds. The Morgan fingerprint density at radius 3 is 2.61 bits per heavy atom. The minimum atomic E-state index is -0.400. The number of nitrogens with one attached hydrogen (secondary N) is 1. The number of aryl methyl sites for hydroxylation is 1. The second-order valence-corrected chi connectivity index (χ2v) is 5.05. The fraction of sp³-hybridized carbons (Fsp3) is 0.222. The second-order valence-electron chi connectivity index (χ2n) is 5.05. The second kappa shape index (κ2) is 6.84. The quantitative estimate of drug-likeness (QED) is 0.862. The van der Waals surface area contributed by atoms with Crippen LogP contribution in [0, 0.1) is 18.3 Å². The van der Waals surface area contributed by atoms with Gasteiger partial charge in [0, 0.05) is 16.8 Å². The van der Waals surface area contributed by atoms with Gasteiger partial charge in [0.1, 0.15) is 11.6 Å². The summed E-state index contributed by atoms with van der Waals surface area (Å²) in [7, 11) is 3.12. The smallest absolute Gasteiger partial charge is 0.266 e. The van der Waals surface area contributed by atoms with Gasteiger partial charge in [0.15, 0.2) is 11.5 Å². The van der Waals surface area contributed by atoms with E-state index in [0.717, 1.165) is 11.1 Å². The predicted molar refractivity (Wildman–Crippen MR) is 89.0 cm³/mol. The molecular weight excluding hydrogens is 292 g/mol. The molecule has 0 atom stereocenters. The molecule has 1 aromatic heterocycles. The van der Waals surface area contributed by atoms with Crippen LogP contribution in [0.2, 0.25) is 0 Å². The number of methoxy groups -OCH3 is 2. The largest absolute Gasteiger partial charge is 0.493 e. The van der Waals surface area contributed by atoms with Crippen LogP contribution in [0.1, 0.15) is 16.8 Å². The van der Waals surface area contributed by atoms with Crippen molar-refractivity contribution in [2.75, 3.05) is 14.2 Å². The van der Waals surface area contributed by atoms with Crippen LogP contribution in [0.3, 0.4) is 0 Å². The van der Waals surface area contributed by atoms with Crippen molar-refractivity contribution >= 4 is 0 Å². The highest BCUT2D eigenvalue weighted by Crippen LogP contribution is 2.37. The number of hydrogen-bond acceptors (Lipinski definition) is 4. The molecule has 1 heterocycles. The lowest BCUT2D eigenvalue weighted by atomic mass is 9.97. The lowest BCUT2D eigenvalue weighted by Gasteiger charge is -2.15. The summed E-state index contributed by atoms with van der Waals surface area (Å²) in [6, 6.07) is 7.40. The summed E-state index contributed by atoms with van der Waals surface area (Å²) in [5.41, 5.74) is 2.53. The van der Waals surface area contributed by atoms with Gasteiger partial charge < -0.3 is 14.5 Å². The zero-order valence-electron chi connectivity index (χ0n) is 13.4. The number of allylic oxidation sites excluding steroid dienone is 1. The zero-order valence-corrected chi connectivity index (χ0v) is 13.4. The third kappa shape index (κ3) is 3.11. The van der Waals surface area contributed by atoms with E-state index in [-0.39, 0.29) is 5.56 Å². The zero-order chi connectivity index (χ0) is 17.0. The van der Waals surface area contributed by atoms with Crippen molar-refractivity contribution in [3.05, 3.63) is 58.0 Å². The van der Waals surface area contributed by atoms with Crippen molar-refractivity contribution < 1.29 is 9.47 Å². The van der Waals surface area contributed by atoms with Crippen LogP contribution in [-0.4, -0.2) is 19.2 Å². The lowest BCUT2D eigenvalue weighted by molar-refractivity contribution is 0.352. The van der Waals surface area contributed by atoms with Gasteiger partial charge in [-0.15, -0.1) is 6.58 Å². The fourth-order valence-electron chi connectivity index (χ4n) is 2.53. The third-order valence-electron chi connectivity index (χ3n) is 3.51. The number of H-pyrrole nitrogens is 1. The normalized spacial score (nSPS) is 10.0.